The van der Waals surface area contributed by atoms with E-state index >= 15 is 0 Å². The summed E-state index contributed by atoms with van der Waals surface area (Å²) in [6, 6.07) is 11.0. The van der Waals surface area contributed by atoms with Crippen molar-refractivity contribution in [1.82, 2.24) is 19.7 Å². The summed E-state index contributed by atoms with van der Waals surface area (Å²) < 4.78 is 19.7. The average molecular weight is 592 g/mol. The van der Waals surface area contributed by atoms with Crippen molar-refractivity contribution in [3.05, 3.63) is 68.3 Å². The highest BCUT2D eigenvalue weighted by molar-refractivity contribution is 14.1. The summed E-state index contributed by atoms with van der Waals surface area (Å²) in [5.74, 6) is 0. The van der Waals surface area contributed by atoms with Gasteiger partial charge in [-0.3, -0.25) is 4.79 Å². The first kappa shape index (κ1) is 20.1. The minimum absolute atomic E-state index is 0.0893. The molecule has 0 aliphatic heterocycles. The molecule has 1 unspecified atom stereocenters. The largest absolute Gasteiger partial charge is 0.459 e. The molecule has 3 rings (SSSR count). The van der Waals surface area contributed by atoms with Crippen LogP contribution in [0.2, 0.25) is 0 Å². The van der Waals surface area contributed by atoms with E-state index in [0.29, 0.717) is 17.8 Å². The van der Waals surface area contributed by atoms with Crippen molar-refractivity contribution in [2.45, 2.75) is 17.1 Å². The minimum Gasteiger partial charge on any atom is -0.459 e. The lowest BCUT2D eigenvalue weighted by atomic mass is 10.2. The SMILES string of the molecule is CC(F)(I)COc1ncc(-c2ccc(=O)n(Cc3ccccc3I)n2)cn1. The maximum Gasteiger partial charge on any atom is 0.316 e. The highest BCUT2D eigenvalue weighted by Gasteiger charge is 2.19. The quantitative estimate of drug-likeness (QED) is 0.322. The fourth-order valence-corrected chi connectivity index (χ4v) is 2.93. The van der Waals surface area contributed by atoms with Crippen LogP contribution >= 0.6 is 45.2 Å². The van der Waals surface area contributed by atoms with E-state index in [9.17, 15) is 9.18 Å². The van der Waals surface area contributed by atoms with Gasteiger partial charge in [0.25, 0.3) is 5.56 Å². The van der Waals surface area contributed by atoms with E-state index in [1.807, 2.05) is 24.3 Å². The Morgan fingerprint density at radius 2 is 1.89 bits per heavy atom. The number of hydrogen-bond donors (Lipinski definition) is 0. The molecule has 0 bridgehead atoms. The van der Waals surface area contributed by atoms with Gasteiger partial charge < -0.3 is 4.74 Å². The molecule has 0 N–H and O–H groups in total. The van der Waals surface area contributed by atoms with Crippen molar-refractivity contribution < 1.29 is 9.13 Å². The number of nitrogens with zero attached hydrogens (tertiary/aromatic N) is 4. The van der Waals surface area contributed by atoms with Gasteiger partial charge >= 0.3 is 6.01 Å². The summed E-state index contributed by atoms with van der Waals surface area (Å²) in [7, 11) is 0. The highest BCUT2D eigenvalue weighted by Crippen LogP contribution is 2.21. The maximum atomic E-state index is 13.5. The van der Waals surface area contributed by atoms with Crippen molar-refractivity contribution in [1.29, 1.82) is 0 Å². The van der Waals surface area contributed by atoms with Crippen LogP contribution in [0.15, 0.2) is 53.6 Å². The van der Waals surface area contributed by atoms with Gasteiger partial charge in [0.1, 0.15) is 6.61 Å². The van der Waals surface area contributed by atoms with E-state index < -0.39 is 3.68 Å². The molecule has 0 aliphatic carbocycles. The van der Waals surface area contributed by atoms with E-state index in [1.165, 1.54) is 30.1 Å². The topological polar surface area (TPSA) is 69.9 Å². The van der Waals surface area contributed by atoms with Crippen LogP contribution in [-0.4, -0.2) is 30.0 Å². The molecule has 27 heavy (non-hydrogen) atoms. The van der Waals surface area contributed by atoms with Gasteiger partial charge in [0.2, 0.25) is 0 Å². The lowest BCUT2D eigenvalue weighted by Gasteiger charge is -2.12. The molecule has 3 aromatic rings. The molecule has 2 heterocycles. The number of rotatable bonds is 6. The molecule has 0 spiro atoms. The molecule has 1 atom stereocenters. The number of benzene rings is 1. The Kier molecular flexibility index (Phi) is 6.40. The summed E-state index contributed by atoms with van der Waals surface area (Å²) in [6.45, 7) is 1.63. The monoisotopic (exact) mass is 592 g/mol. The maximum absolute atomic E-state index is 13.5. The van der Waals surface area contributed by atoms with Gasteiger partial charge in [0.15, 0.2) is 3.68 Å². The summed E-state index contributed by atoms with van der Waals surface area (Å²) in [4.78, 5) is 20.3. The molecule has 0 fully saturated rings. The predicted molar refractivity (Wildman–Crippen MR) is 117 cm³/mol. The Balaban J connectivity index is 1.81. The molecule has 2 aromatic heterocycles. The third-order valence-electron chi connectivity index (χ3n) is 3.52. The molecule has 0 saturated heterocycles. The van der Waals surface area contributed by atoms with Crippen molar-refractivity contribution in [2.75, 3.05) is 6.61 Å². The Hall–Kier alpha value is -1.63. The van der Waals surface area contributed by atoms with Crippen molar-refractivity contribution in [3.63, 3.8) is 0 Å². The van der Waals surface area contributed by atoms with Gasteiger partial charge in [-0.15, -0.1) is 0 Å². The highest BCUT2D eigenvalue weighted by atomic mass is 127. The van der Waals surface area contributed by atoms with Gasteiger partial charge in [0, 0.05) is 27.6 Å². The van der Waals surface area contributed by atoms with Crippen LogP contribution in [0.25, 0.3) is 11.3 Å². The minimum atomic E-state index is -1.49. The first-order valence-electron chi connectivity index (χ1n) is 7.96. The van der Waals surface area contributed by atoms with Crippen LogP contribution in [0.3, 0.4) is 0 Å². The smallest absolute Gasteiger partial charge is 0.316 e. The molecular weight excluding hydrogens is 577 g/mol. The van der Waals surface area contributed by atoms with Gasteiger partial charge in [-0.1, -0.05) is 18.2 Å². The Bertz CT molecular complexity index is 988. The predicted octanol–water partition coefficient (Wildman–Crippen LogP) is 3.85. The van der Waals surface area contributed by atoms with E-state index in [-0.39, 0.29) is 18.2 Å². The van der Waals surface area contributed by atoms with E-state index in [2.05, 4.69) is 37.7 Å². The second-order valence-electron chi connectivity index (χ2n) is 5.92. The van der Waals surface area contributed by atoms with Crippen LogP contribution in [0.1, 0.15) is 12.5 Å². The molecule has 9 heteroatoms. The van der Waals surface area contributed by atoms with Crippen LogP contribution in [-0.2, 0) is 6.54 Å². The summed E-state index contributed by atoms with van der Waals surface area (Å²) in [5, 5.41) is 4.41. The van der Waals surface area contributed by atoms with Crippen LogP contribution in [0.4, 0.5) is 4.39 Å². The Morgan fingerprint density at radius 3 is 2.56 bits per heavy atom. The zero-order valence-corrected chi connectivity index (χ0v) is 18.6. The zero-order valence-electron chi connectivity index (χ0n) is 14.3. The molecule has 0 radical (unpaired) electrons. The van der Waals surface area contributed by atoms with Gasteiger partial charge in [0.05, 0.1) is 12.2 Å². The summed E-state index contributed by atoms with van der Waals surface area (Å²) >= 11 is 3.88. The van der Waals surface area contributed by atoms with Crippen LogP contribution in [0.5, 0.6) is 6.01 Å². The Labute approximate surface area is 182 Å². The molecule has 140 valence electrons. The van der Waals surface area contributed by atoms with E-state index in [4.69, 9.17) is 4.74 Å². The number of halogens is 3. The normalized spacial score (nSPS) is 13.2. The first-order valence-corrected chi connectivity index (χ1v) is 10.1. The lowest BCUT2D eigenvalue weighted by molar-refractivity contribution is 0.185. The van der Waals surface area contributed by atoms with Gasteiger partial charge in [-0.2, -0.15) is 5.10 Å². The zero-order chi connectivity index (χ0) is 19.4. The Morgan fingerprint density at radius 1 is 1.19 bits per heavy atom. The number of hydrogen-bond acceptors (Lipinski definition) is 5. The standard InChI is InChI=1S/C18H15FI2N4O2/c1-18(19,21)11-27-17-22-8-13(9-23-17)15-6-7-16(26)25(24-15)10-12-4-2-3-5-14(12)20/h2-9H,10-11H2,1H3. The second kappa shape index (κ2) is 8.59. The van der Waals surface area contributed by atoms with E-state index in [1.54, 1.807) is 28.7 Å². The molecular formula is C18H15FI2N4O2. The fourth-order valence-electron chi connectivity index (χ4n) is 2.22. The van der Waals surface area contributed by atoms with Crippen molar-refractivity contribution in [3.8, 4) is 17.3 Å². The van der Waals surface area contributed by atoms with Gasteiger partial charge in [-0.05, 0) is 69.8 Å². The molecule has 1 aromatic carbocycles. The molecule has 0 aliphatic rings. The fraction of sp³-hybridized carbons (Fsp3) is 0.222. The van der Waals surface area contributed by atoms with Crippen molar-refractivity contribution in [2.24, 2.45) is 0 Å². The third kappa shape index (κ3) is 5.67. The molecule has 0 saturated carbocycles. The number of ether oxygens (including phenoxy) is 1. The molecule has 0 amide bonds. The summed E-state index contributed by atoms with van der Waals surface area (Å²) in [6.07, 6.45) is 3.07. The summed E-state index contributed by atoms with van der Waals surface area (Å²) in [5.41, 5.74) is 2.02. The lowest BCUT2D eigenvalue weighted by Crippen LogP contribution is -2.23. The van der Waals surface area contributed by atoms with E-state index in [0.717, 1.165) is 9.13 Å². The average Bonchev–Trinajstić information content (AvgIpc) is 2.63. The first-order chi connectivity index (χ1) is 12.8. The van der Waals surface area contributed by atoms with Gasteiger partial charge in [-0.25, -0.2) is 19.0 Å². The van der Waals surface area contributed by atoms with Crippen LogP contribution in [0, 0.1) is 3.57 Å². The number of alkyl halides is 2. The third-order valence-corrected chi connectivity index (χ3v) is 4.89. The van der Waals surface area contributed by atoms with Crippen molar-refractivity contribution >= 4 is 45.2 Å². The second-order valence-corrected chi connectivity index (χ2v) is 9.33. The number of aromatic nitrogens is 4. The van der Waals surface area contributed by atoms with Crippen LogP contribution < -0.4 is 10.3 Å². The molecule has 6 nitrogen and oxygen atoms in total.